The van der Waals surface area contributed by atoms with E-state index in [0.29, 0.717) is 12.1 Å². The van der Waals surface area contributed by atoms with Crippen LogP contribution in [0.1, 0.15) is 33.3 Å². The summed E-state index contributed by atoms with van der Waals surface area (Å²) in [5.41, 5.74) is -2.90. The topological polar surface area (TPSA) is 115 Å². The molecule has 186 valence electrons. The minimum absolute atomic E-state index is 0.119. The van der Waals surface area contributed by atoms with Gasteiger partial charge in [-0.3, -0.25) is 24.1 Å². The van der Waals surface area contributed by atoms with Gasteiger partial charge in [-0.1, -0.05) is 12.2 Å². The number of fused-ring (bicyclic) bond motifs is 1. The summed E-state index contributed by atoms with van der Waals surface area (Å²) < 4.78 is 42.0. The third kappa shape index (κ3) is 4.64. The second-order valence-electron chi connectivity index (χ2n) is 7.76. The zero-order chi connectivity index (χ0) is 26.0. The maximum absolute atomic E-state index is 13.9. The predicted molar refractivity (Wildman–Crippen MR) is 120 cm³/mol. The lowest BCUT2D eigenvalue weighted by molar-refractivity contribution is 0.0566. The van der Waals surface area contributed by atoms with Crippen LogP contribution in [0.25, 0.3) is 0 Å². The van der Waals surface area contributed by atoms with E-state index in [-0.39, 0.29) is 6.67 Å². The Balaban J connectivity index is 2.04. The van der Waals surface area contributed by atoms with E-state index < -0.39 is 82.5 Å². The van der Waals surface area contributed by atoms with Crippen molar-refractivity contribution in [2.75, 3.05) is 18.3 Å². The van der Waals surface area contributed by atoms with Crippen molar-refractivity contribution in [2.45, 2.75) is 25.6 Å². The van der Waals surface area contributed by atoms with Crippen LogP contribution in [0.2, 0.25) is 0 Å². The Bertz CT molecular complexity index is 1240. The van der Waals surface area contributed by atoms with Crippen molar-refractivity contribution >= 4 is 11.8 Å². The molecule has 3 rings (SSSR count). The lowest BCUT2D eigenvalue weighted by atomic mass is 10.1. The number of hydrogen-bond donors (Lipinski definition) is 3. The highest BCUT2D eigenvalue weighted by Crippen LogP contribution is 2.24. The first-order chi connectivity index (χ1) is 16.5. The van der Waals surface area contributed by atoms with Crippen LogP contribution < -0.4 is 15.8 Å². The number of aromatic nitrogens is 1. The molecule has 2 aromatic rings. The van der Waals surface area contributed by atoms with Crippen molar-refractivity contribution in [2.24, 2.45) is 0 Å². The molecule has 0 saturated heterocycles. The molecule has 2 atom stereocenters. The van der Waals surface area contributed by atoms with Gasteiger partial charge in [-0.2, -0.15) is 0 Å². The number of aromatic hydroxyl groups is 1. The van der Waals surface area contributed by atoms with Crippen LogP contribution in [0.15, 0.2) is 48.4 Å². The maximum atomic E-state index is 13.9. The molecule has 3 N–H and O–H groups in total. The van der Waals surface area contributed by atoms with E-state index in [1.165, 1.54) is 22.1 Å². The number of pyridine rings is 1. The highest BCUT2D eigenvalue weighted by Gasteiger charge is 2.37. The Morgan fingerprint density at radius 2 is 1.83 bits per heavy atom. The number of nitrogens with zero attached hydrogens (tertiary/aromatic N) is 3. The fourth-order valence-electron chi connectivity index (χ4n) is 3.58. The van der Waals surface area contributed by atoms with Gasteiger partial charge in [0.2, 0.25) is 5.43 Å². The lowest BCUT2D eigenvalue weighted by Gasteiger charge is -2.44. The third-order valence-corrected chi connectivity index (χ3v) is 5.65. The van der Waals surface area contributed by atoms with E-state index in [1.54, 1.807) is 6.92 Å². The molecule has 1 aromatic carbocycles. The zero-order valence-electron chi connectivity index (χ0n) is 18.7. The Morgan fingerprint density at radius 1 is 1.20 bits per heavy atom. The van der Waals surface area contributed by atoms with Gasteiger partial charge in [-0.15, -0.1) is 13.2 Å². The van der Waals surface area contributed by atoms with Crippen LogP contribution >= 0.6 is 0 Å². The monoisotopic (exact) mass is 492 g/mol. The number of nitrogens with one attached hydrogen (secondary N) is 1. The molecule has 0 fully saturated rings. The van der Waals surface area contributed by atoms with Gasteiger partial charge in [0.25, 0.3) is 11.8 Å². The van der Waals surface area contributed by atoms with Gasteiger partial charge in [0.1, 0.15) is 29.7 Å². The molecule has 0 aliphatic carbocycles. The van der Waals surface area contributed by atoms with E-state index >= 15 is 0 Å². The van der Waals surface area contributed by atoms with Crippen molar-refractivity contribution in [3.8, 4) is 5.75 Å². The standard InChI is InChI=1S/C23H23F3N4O5/c1-4-12(3)30-11-28(14(5-2)10-31)23(35)19-21(33)20(32)16(9-29(19)30)22(34)27-8-15-17(25)6-13(24)7-18(15)26/h4-7,9,12,14,31,33H,1-2,8,10-11H2,3H3,(H,27,34). The van der Waals surface area contributed by atoms with Crippen molar-refractivity contribution in [1.82, 2.24) is 14.9 Å². The van der Waals surface area contributed by atoms with Crippen molar-refractivity contribution in [3.05, 3.63) is 88.1 Å². The van der Waals surface area contributed by atoms with Gasteiger partial charge in [0, 0.05) is 30.4 Å². The molecule has 1 aromatic heterocycles. The Kier molecular flexibility index (Phi) is 7.34. The van der Waals surface area contributed by atoms with Crippen LogP contribution in [0.4, 0.5) is 13.2 Å². The first-order valence-corrected chi connectivity index (χ1v) is 10.4. The van der Waals surface area contributed by atoms with Crippen LogP contribution in [0, 0.1) is 17.5 Å². The van der Waals surface area contributed by atoms with Gasteiger partial charge in [0.15, 0.2) is 11.4 Å². The highest BCUT2D eigenvalue weighted by atomic mass is 19.1. The summed E-state index contributed by atoms with van der Waals surface area (Å²) in [6.45, 7) is 7.67. The number of aliphatic hydroxyl groups excluding tert-OH is 1. The first kappa shape index (κ1) is 25.6. The fraction of sp³-hybridized carbons (Fsp3) is 0.261. The Hall–Kier alpha value is -4.06. The molecule has 35 heavy (non-hydrogen) atoms. The molecule has 0 saturated carbocycles. The molecular formula is C23H23F3N4O5. The molecule has 2 heterocycles. The first-order valence-electron chi connectivity index (χ1n) is 10.4. The second kappa shape index (κ2) is 10.1. The molecule has 2 unspecified atom stereocenters. The van der Waals surface area contributed by atoms with E-state index in [0.717, 1.165) is 10.9 Å². The summed E-state index contributed by atoms with van der Waals surface area (Å²) in [5, 5.41) is 23.9. The molecule has 0 spiro atoms. The SMILES string of the molecule is C=CC(CO)N1CN(C(C)C=C)n2cc(C(=O)NCc3c(F)cc(F)cc3F)c(=O)c(O)c2C1=O. The van der Waals surface area contributed by atoms with E-state index in [4.69, 9.17) is 0 Å². The van der Waals surface area contributed by atoms with Crippen molar-refractivity contribution < 1.29 is 33.0 Å². The lowest BCUT2D eigenvalue weighted by Crippen LogP contribution is -2.60. The van der Waals surface area contributed by atoms with Crippen LogP contribution in [0.3, 0.4) is 0 Å². The summed E-state index contributed by atoms with van der Waals surface area (Å²) in [6, 6.07) is -0.416. The molecular weight excluding hydrogens is 469 g/mol. The van der Waals surface area contributed by atoms with E-state index in [1.807, 2.05) is 0 Å². The number of amides is 2. The summed E-state index contributed by atoms with van der Waals surface area (Å²) in [7, 11) is 0. The minimum atomic E-state index is -1.23. The minimum Gasteiger partial charge on any atom is -0.502 e. The molecule has 1 aliphatic rings. The maximum Gasteiger partial charge on any atom is 0.278 e. The molecule has 0 radical (unpaired) electrons. The van der Waals surface area contributed by atoms with E-state index in [9.17, 15) is 37.8 Å². The molecule has 12 heteroatoms. The number of hydrogen-bond acceptors (Lipinski definition) is 6. The molecule has 9 nitrogen and oxygen atoms in total. The molecule has 2 amide bonds. The highest BCUT2D eigenvalue weighted by molar-refractivity contribution is 5.99. The summed E-state index contributed by atoms with van der Waals surface area (Å²) >= 11 is 0. The van der Waals surface area contributed by atoms with Crippen molar-refractivity contribution in [1.29, 1.82) is 0 Å². The van der Waals surface area contributed by atoms with Crippen molar-refractivity contribution in [3.63, 3.8) is 0 Å². The number of rotatable bonds is 8. The Morgan fingerprint density at radius 3 is 2.37 bits per heavy atom. The largest absolute Gasteiger partial charge is 0.502 e. The average Bonchev–Trinajstić information content (AvgIpc) is 2.81. The smallest absolute Gasteiger partial charge is 0.278 e. The number of carbonyl (C=O) groups is 2. The van der Waals surface area contributed by atoms with Gasteiger partial charge in [0.05, 0.1) is 18.7 Å². The van der Waals surface area contributed by atoms with Gasteiger partial charge >= 0.3 is 0 Å². The Labute approximate surface area is 198 Å². The number of carbonyl (C=O) groups excluding carboxylic acids is 2. The third-order valence-electron chi connectivity index (χ3n) is 5.65. The zero-order valence-corrected chi connectivity index (χ0v) is 18.7. The molecule has 0 bridgehead atoms. The predicted octanol–water partition coefficient (Wildman–Crippen LogP) is 1.37. The normalized spacial score (nSPS) is 14.8. The van der Waals surface area contributed by atoms with Gasteiger partial charge in [-0.05, 0) is 6.92 Å². The summed E-state index contributed by atoms with van der Waals surface area (Å²) in [5.74, 6) is -6.52. The fourth-order valence-corrected chi connectivity index (χ4v) is 3.58. The van der Waals surface area contributed by atoms with Crippen LogP contribution in [-0.4, -0.2) is 57.0 Å². The van der Waals surface area contributed by atoms with Crippen LogP contribution in [0.5, 0.6) is 5.75 Å². The van der Waals surface area contributed by atoms with E-state index in [2.05, 4.69) is 18.5 Å². The summed E-state index contributed by atoms with van der Waals surface area (Å²) in [6.07, 6.45) is 3.85. The van der Waals surface area contributed by atoms with Gasteiger partial charge < -0.3 is 20.4 Å². The number of aliphatic hydroxyl groups is 1. The number of halogens is 3. The quantitative estimate of drug-likeness (QED) is 0.480. The molecule has 1 aliphatic heterocycles. The average molecular weight is 492 g/mol. The van der Waals surface area contributed by atoms with Gasteiger partial charge in [-0.25, -0.2) is 13.2 Å². The van der Waals surface area contributed by atoms with Crippen LogP contribution in [-0.2, 0) is 6.54 Å². The number of benzene rings is 1. The second-order valence-corrected chi connectivity index (χ2v) is 7.76. The summed E-state index contributed by atoms with van der Waals surface area (Å²) in [4.78, 5) is 39.8.